The Balaban J connectivity index is 1.61. The van der Waals surface area contributed by atoms with Crippen LogP contribution >= 0.6 is 15.9 Å². The molecule has 6 nitrogen and oxygen atoms in total. The molecule has 2 fully saturated rings. The van der Waals surface area contributed by atoms with Gasteiger partial charge in [0.1, 0.15) is 10.3 Å². The first-order chi connectivity index (χ1) is 12.4. The maximum absolute atomic E-state index is 12.4. The van der Waals surface area contributed by atoms with Gasteiger partial charge in [0.15, 0.2) is 0 Å². The zero-order valence-electron chi connectivity index (χ0n) is 15.5. The zero-order chi connectivity index (χ0) is 18.5. The third kappa shape index (κ3) is 3.20. The van der Waals surface area contributed by atoms with Crippen LogP contribution in [0.2, 0.25) is 0 Å². The Morgan fingerprint density at radius 1 is 1.46 bits per heavy atom. The molecule has 1 amide bonds. The lowest BCUT2D eigenvalue weighted by molar-refractivity contribution is -0.124. The van der Waals surface area contributed by atoms with Crippen molar-refractivity contribution in [3.63, 3.8) is 0 Å². The SMILES string of the molecule is CC(C)C(=O)NC1(Br)CNc2nccc(N3CC[C@H](C4CC4)[C@@H](N)C3)c21. The summed E-state index contributed by atoms with van der Waals surface area (Å²) in [7, 11) is 0. The molecule has 0 radical (unpaired) electrons. The van der Waals surface area contributed by atoms with Gasteiger partial charge in [-0.3, -0.25) is 4.79 Å². The number of pyridine rings is 1. The molecule has 3 atom stereocenters. The zero-order valence-corrected chi connectivity index (χ0v) is 17.1. The Labute approximate surface area is 163 Å². The Kier molecular flexibility index (Phi) is 4.63. The number of fused-ring (bicyclic) bond motifs is 1. The molecule has 1 aromatic heterocycles. The van der Waals surface area contributed by atoms with Gasteiger partial charge < -0.3 is 21.3 Å². The standard InChI is InChI=1S/C19H28BrN5O/c1-11(2)18(26)24-19(20)10-23-17-16(19)15(5-7-22-17)25-8-6-13(12-3-4-12)14(21)9-25/h5,7,11-14H,3-4,6,8-10,21H2,1-2H3,(H,22,23)(H,24,26)/t13-,14+,19?/m1/s1. The second-order valence-electron chi connectivity index (χ2n) is 8.25. The molecular formula is C19H28BrN5O. The van der Waals surface area contributed by atoms with E-state index in [0.717, 1.165) is 42.5 Å². The van der Waals surface area contributed by atoms with Gasteiger partial charge in [0.25, 0.3) is 0 Å². The van der Waals surface area contributed by atoms with Crippen LogP contribution in [0.15, 0.2) is 12.3 Å². The number of hydrogen-bond donors (Lipinski definition) is 3. The van der Waals surface area contributed by atoms with Crippen LogP contribution in [-0.2, 0) is 9.24 Å². The lowest BCUT2D eigenvalue weighted by Crippen LogP contribution is -2.50. The van der Waals surface area contributed by atoms with Crippen LogP contribution in [0.3, 0.4) is 0 Å². The van der Waals surface area contributed by atoms with E-state index in [-0.39, 0.29) is 17.9 Å². The van der Waals surface area contributed by atoms with Gasteiger partial charge in [0.05, 0.1) is 12.1 Å². The first kappa shape index (κ1) is 18.0. The molecule has 1 saturated heterocycles. The number of nitrogens with two attached hydrogens (primary N) is 1. The number of halogens is 1. The summed E-state index contributed by atoms with van der Waals surface area (Å²) in [5.74, 6) is 2.29. The fraction of sp³-hybridized carbons (Fsp3) is 0.684. The van der Waals surface area contributed by atoms with E-state index in [1.807, 2.05) is 26.1 Å². The minimum absolute atomic E-state index is 0.0236. The molecule has 0 bridgehead atoms. The third-order valence-electron chi connectivity index (χ3n) is 5.95. The van der Waals surface area contributed by atoms with Crippen LogP contribution in [-0.4, -0.2) is 36.6 Å². The number of nitrogens with one attached hydrogen (secondary N) is 2. The highest BCUT2D eigenvalue weighted by Crippen LogP contribution is 2.46. The molecule has 142 valence electrons. The van der Waals surface area contributed by atoms with Crippen molar-refractivity contribution in [1.82, 2.24) is 10.3 Å². The van der Waals surface area contributed by atoms with E-state index in [4.69, 9.17) is 5.73 Å². The fourth-order valence-electron chi connectivity index (χ4n) is 4.31. The topological polar surface area (TPSA) is 83.3 Å². The van der Waals surface area contributed by atoms with Gasteiger partial charge in [-0.1, -0.05) is 29.8 Å². The minimum Gasteiger partial charge on any atom is -0.369 e. The molecule has 0 spiro atoms. The molecule has 7 heteroatoms. The maximum Gasteiger partial charge on any atom is 0.223 e. The summed E-state index contributed by atoms with van der Waals surface area (Å²) in [6.45, 7) is 6.25. The molecule has 0 aromatic carbocycles. The molecule has 3 heterocycles. The lowest BCUT2D eigenvalue weighted by atomic mass is 9.87. The number of amides is 1. The van der Waals surface area contributed by atoms with Crippen molar-refractivity contribution in [3.05, 3.63) is 17.8 Å². The quantitative estimate of drug-likeness (QED) is 0.513. The first-order valence-corrected chi connectivity index (χ1v) is 10.4. The Morgan fingerprint density at radius 2 is 2.23 bits per heavy atom. The van der Waals surface area contributed by atoms with Crippen molar-refractivity contribution in [2.45, 2.75) is 43.6 Å². The van der Waals surface area contributed by atoms with Crippen molar-refractivity contribution in [2.75, 3.05) is 29.9 Å². The average molecular weight is 422 g/mol. The molecule has 1 aromatic rings. The van der Waals surface area contributed by atoms with Gasteiger partial charge in [-0.25, -0.2) is 4.98 Å². The van der Waals surface area contributed by atoms with Crippen LogP contribution in [0.1, 0.15) is 38.7 Å². The fourth-order valence-corrected chi connectivity index (χ4v) is 5.04. The highest BCUT2D eigenvalue weighted by molar-refractivity contribution is 9.09. The van der Waals surface area contributed by atoms with E-state index in [1.165, 1.54) is 12.8 Å². The highest BCUT2D eigenvalue weighted by Gasteiger charge is 2.44. The third-order valence-corrected chi connectivity index (χ3v) is 6.83. The lowest BCUT2D eigenvalue weighted by Gasteiger charge is -2.40. The number of anilines is 2. The summed E-state index contributed by atoms with van der Waals surface area (Å²) >= 11 is 3.80. The highest BCUT2D eigenvalue weighted by atomic mass is 79.9. The smallest absolute Gasteiger partial charge is 0.223 e. The summed E-state index contributed by atoms with van der Waals surface area (Å²) in [4.78, 5) is 19.2. The second-order valence-corrected chi connectivity index (χ2v) is 9.61. The van der Waals surface area contributed by atoms with Crippen molar-refractivity contribution >= 4 is 33.3 Å². The number of hydrogen-bond acceptors (Lipinski definition) is 5. The van der Waals surface area contributed by atoms with Crippen molar-refractivity contribution in [2.24, 2.45) is 23.5 Å². The minimum atomic E-state index is -0.634. The van der Waals surface area contributed by atoms with Crippen molar-refractivity contribution < 1.29 is 4.79 Å². The molecule has 3 aliphatic rings. The predicted octanol–water partition coefficient (Wildman–Crippen LogP) is 2.39. The Morgan fingerprint density at radius 3 is 2.88 bits per heavy atom. The Bertz CT molecular complexity index is 707. The van der Waals surface area contributed by atoms with Gasteiger partial charge in [-0.05, 0) is 37.2 Å². The van der Waals surface area contributed by atoms with Gasteiger partial charge in [-0.2, -0.15) is 0 Å². The van der Waals surface area contributed by atoms with Crippen molar-refractivity contribution in [1.29, 1.82) is 0 Å². The van der Waals surface area contributed by atoms with Crippen LogP contribution in [0.5, 0.6) is 0 Å². The second kappa shape index (κ2) is 6.68. The van der Waals surface area contributed by atoms with Gasteiger partial charge in [0.2, 0.25) is 5.91 Å². The summed E-state index contributed by atoms with van der Waals surface area (Å²) in [5.41, 5.74) is 8.66. The van der Waals surface area contributed by atoms with Gasteiger partial charge >= 0.3 is 0 Å². The molecule has 2 aliphatic heterocycles. The van der Waals surface area contributed by atoms with E-state index >= 15 is 0 Å². The largest absolute Gasteiger partial charge is 0.369 e. The number of carbonyl (C=O) groups excluding carboxylic acids is 1. The molecule has 4 N–H and O–H groups in total. The van der Waals surface area contributed by atoms with E-state index < -0.39 is 4.45 Å². The van der Waals surface area contributed by atoms with Crippen molar-refractivity contribution in [3.8, 4) is 0 Å². The monoisotopic (exact) mass is 421 g/mol. The molecule has 1 saturated carbocycles. The molecule has 26 heavy (non-hydrogen) atoms. The molecule has 1 aliphatic carbocycles. The number of nitrogens with zero attached hydrogens (tertiary/aromatic N) is 2. The number of rotatable bonds is 4. The van der Waals surface area contributed by atoms with Crippen LogP contribution < -0.4 is 21.3 Å². The number of carbonyl (C=O) groups is 1. The average Bonchev–Trinajstić information content (AvgIpc) is 3.39. The first-order valence-electron chi connectivity index (χ1n) is 9.64. The molecular weight excluding hydrogens is 394 g/mol. The van der Waals surface area contributed by atoms with E-state index in [9.17, 15) is 4.79 Å². The number of piperidine rings is 1. The van der Waals surface area contributed by atoms with E-state index in [1.54, 1.807) is 0 Å². The predicted molar refractivity (Wildman–Crippen MR) is 107 cm³/mol. The molecule has 4 rings (SSSR count). The van der Waals surface area contributed by atoms with Gasteiger partial charge in [0, 0.05) is 36.9 Å². The normalized spacial score (nSPS) is 30.9. The summed E-state index contributed by atoms with van der Waals surface area (Å²) in [5, 5.41) is 6.49. The Hall–Kier alpha value is -1.34. The number of aromatic nitrogens is 1. The summed E-state index contributed by atoms with van der Waals surface area (Å²) in [6, 6.07) is 2.26. The van der Waals surface area contributed by atoms with E-state index in [2.05, 4.69) is 36.4 Å². The van der Waals surface area contributed by atoms with Crippen LogP contribution in [0.25, 0.3) is 0 Å². The van der Waals surface area contributed by atoms with Crippen LogP contribution in [0, 0.1) is 17.8 Å². The summed E-state index contributed by atoms with van der Waals surface area (Å²) in [6.07, 6.45) is 5.67. The maximum atomic E-state index is 12.4. The van der Waals surface area contributed by atoms with Crippen LogP contribution in [0.4, 0.5) is 11.5 Å². The summed E-state index contributed by atoms with van der Waals surface area (Å²) < 4.78 is -0.634. The molecule has 1 unspecified atom stereocenters. The van der Waals surface area contributed by atoms with Gasteiger partial charge in [-0.15, -0.1) is 0 Å². The number of alkyl halides is 1. The van der Waals surface area contributed by atoms with E-state index in [0.29, 0.717) is 12.5 Å².